The number of nitrogens with one attached hydrogen (secondary N) is 2. The number of nitrogens with zero attached hydrogens (tertiary/aromatic N) is 4. The number of aliphatic imine (C=N–C) groups is 1. The number of aryl methyl sites for hydroxylation is 2. The van der Waals surface area contributed by atoms with Crippen LogP contribution in [0.5, 0.6) is 11.5 Å². The zero-order chi connectivity index (χ0) is 47.2. The standard InChI is InChI=1S/C23H28N4O2S.C14H23N4OPS2.C10H11BrO/c1-5-16-7-6-8-17(13-16)20(28)21-22(24)26-23(30-21)25-18-9-11-19(12-10-18)29-14-15(2)27(3)4;1-10(18(2)3)8-19-12-6-4-11(5-7-12)16-14(21)17-13(15)22-9-20;1-2-8-4-3-5-9(6-8)10(12)7-11/h6-13,15H,5,14,24H2,1-4H3,(H,25,26);4-7,10H,8-9,20H2,1-3H3,(H3,15,16,17,21);3-6H,2,7H2,1H3/t15-;10-;/m11./s1. The molecule has 0 aliphatic heterocycles. The van der Waals surface area contributed by atoms with Crippen LogP contribution in [0.3, 0.4) is 0 Å². The molecule has 4 aromatic carbocycles. The van der Waals surface area contributed by atoms with E-state index in [-0.39, 0.29) is 17.4 Å². The molecule has 12 nitrogen and oxygen atoms in total. The number of rotatable bonds is 18. The fraction of sp³-hybridized carbons (Fsp3) is 0.340. The van der Waals surface area contributed by atoms with Crippen molar-refractivity contribution in [1.29, 1.82) is 0 Å². The second-order valence-corrected chi connectivity index (χ2v) is 18.8. The Kier molecular flexibility index (Phi) is 24.0. The number of likely N-dealkylation sites (N-methyl/N-ethyl adjacent to an activating group) is 2. The lowest BCUT2D eigenvalue weighted by Crippen LogP contribution is -2.30. The van der Waals surface area contributed by atoms with E-state index in [2.05, 4.69) is 83.3 Å². The van der Waals surface area contributed by atoms with E-state index in [1.54, 1.807) is 0 Å². The van der Waals surface area contributed by atoms with E-state index in [1.165, 1.54) is 28.7 Å². The van der Waals surface area contributed by atoms with Crippen LogP contribution >= 0.6 is 60.5 Å². The van der Waals surface area contributed by atoms with Gasteiger partial charge in [-0.3, -0.25) is 9.59 Å². The molecule has 0 saturated carbocycles. The summed E-state index contributed by atoms with van der Waals surface area (Å²) in [6.07, 6.45) is 1.85. The number of anilines is 4. The largest absolute Gasteiger partial charge is 0.492 e. The van der Waals surface area contributed by atoms with Crippen molar-refractivity contribution in [1.82, 2.24) is 14.8 Å². The second-order valence-electron chi connectivity index (χ2n) is 14.8. The van der Waals surface area contributed by atoms with Crippen molar-refractivity contribution in [3.05, 3.63) is 124 Å². The van der Waals surface area contributed by atoms with Gasteiger partial charge in [0.25, 0.3) is 0 Å². The summed E-state index contributed by atoms with van der Waals surface area (Å²) in [4.78, 5) is 37.2. The minimum absolute atomic E-state index is 0.105. The van der Waals surface area contributed by atoms with Gasteiger partial charge in [-0.05, 0) is 139 Å². The fourth-order valence-electron chi connectivity index (χ4n) is 5.15. The van der Waals surface area contributed by atoms with E-state index in [1.807, 2.05) is 125 Å². The minimum Gasteiger partial charge on any atom is -0.492 e. The van der Waals surface area contributed by atoms with Crippen molar-refractivity contribution in [2.24, 2.45) is 10.7 Å². The molecule has 1 heterocycles. The highest BCUT2D eigenvalue weighted by molar-refractivity contribution is 9.09. The highest BCUT2D eigenvalue weighted by Gasteiger charge is 2.18. The van der Waals surface area contributed by atoms with E-state index in [9.17, 15) is 9.59 Å². The lowest BCUT2D eigenvalue weighted by atomic mass is 10.1. The number of halogens is 1. The molecule has 0 fully saturated rings. The van der Waals surface area contributed by atoms with Crippen LogP contribution in [0.2, 0.25) is 0 Å². The third-order valence-corrected chi connectivity index (χ3v) is 12.4. The number of thiazole rings is 1. The number of thiocarbonyl (C=S) groups is 1. The summed E-state index contributed by atoms with van der Waals surface area (Å²) in [6.45, 7) is 9.63. The van der Waals surface area contributed by atoms with E-state index in [0.717, 1.165) is 52.3 Å². The molecule has 5 rings (SSSR count). The first-order valence-electron chi connectivity index (χ1n) is 20.7. The summed E-state index contributed by atoms with van der Waals surface area (Å²) >= 11 is 11.0. The van der Waals surface area contributed by atoms with Crippen LogP contribution in [-0.2, 0) is 12.8 Å². The predicted octanol–water partition coefficient (Wildman–Crippen LogP) is 10.0. The zero-order valence-corrected chi connectivity index (χ0v) is 43.1. The van der Waals surface area contributed by atoms with Gasteiger partial charge >= 0.3 is 0 Å². The van der Waals surface area contributed by atoms with Gasteiger partial charge in [-0.25, -0.2) is 4.98 Å². The molecule has 0 aliphatic rings. The Morgan fingerprint density at radius 3 is 1.83 bits per heavy atom. The normalized spacial score (nSPS) is 12.0. The summed E-state index contributed by atoms with van der Waals surface area (Å²) in [6, 6.07) is 31.3. The summed E-state index contributed by atoms with van der Waals surface area (Å²) < 4.78 is 11.5. The number of ketones is 2. The number of nitrogen functional groups attached to an aromatic ring is 1. The van der Waals surface area contributed by atoms with Crippen molar-refractivity contribution in [2.75, 3.05) is 68.6 Å². The number of carbonyl (C=O) groups is 2. The van der Waals surface area contributed by atoms with Gasteiger partial charge in [-0.2, -0.15) is 4.99 Å². The molecular weight excluding hydrogens is 948 g/mol. The number of hydrogen-bond donors (Lipinski definition) is 4. The van der Waals surface area contributed by atoms with Crippen molar-refractivity contribution in [3.8, 4) is 11.5 Å². The van der Waals surface area contributed by atoms with Gasteiger partial charge in [0.2, 0.25) is 5.78 Å². The number of hydrogen-bond acceptors (Lipinski definition) is 12. The monoisotopic (exact) mass is 1010 g/mol. The molecule has 17 heteroatoms. The second kappa shape index (κ2) is 28.5. The lowest BCUT2D eigenvalue weighted by molar-refractivity contribution is 0.102. The molecular formula is C47H62BrN8O4PS3. The Morgan fingerprint density at radius 2 is 1.34 bits per heavy atom. The van der Waals surface area contributed by atoms with Gasteiger partial charge in [0, 0.05) is 40.1 Å². The predicted molar refractivity (Wildman–Crippen MR) is 283 cm³/mol. The van der Waals surface area contributed by atoms with Crippen molar-refractivity contribution in [3.63, 3.8) is 0 Å². The number of amidine groups is 1. The fourth-order valence-corrected chi connectivity index (χ4v) is 7.45. The molecule has 1 unspecified atom stereocenters. The number of ether oxygens (including phenoxy) is 2. The summed E-state index contributed by atoms with van der Waals surface area (Å²) in [7, 11) is 10.7. The van der Waals surface area contributed by atoms with Crippen molar-refractivity contribution in [2.45, 2.75) is 52.6 Å². The van der Waals surface area contributed by atoms with E-state index in [4.69, 9.17) is 33.2 Å². The van der Waals surface area contributed by atoms with E-state index in [0.29, 0.717) is 56.5 Å². The molecule has 0 bridgehead atoms. The third kappa shape index (κ3) is 19.0. The minimum atomic E-state index is -0.105. The molecule has 344 valence electrons. The average molecular weight is 1010 g/mol. The maximum Gasteiger partial charge on any atom is 0.206 e. The Bertz CT molecular complexity index is 2260. The number of benzene rings is 4. The Labute approximate surface area is 403 Å². The number of Topliss-reactive ketones (excluding diaryl/α,β-unsaturated/α-hetero) is 1. The van der Waals surface area contributed by atoms with E-state index >= 15 is 0 Å². The van der Waals surface area contributed by atoms with Crippen LogP contribution < -0.4 is 31.6 Å². The summed E-state index contributed by atoms with van der Waals surface area (Å²) in [5, 5.41) is 8.02. The smallest absolute Gasteiger partial charge is 0.206 e. The zero-order valence-electron chi connectivity index (χ0n) is 37.9. The highest BCUT2D eigenvalue weighted by atomic mass is 79.9. The van der Waals surface area contributed by atoms with Crippen LogP contribution in [-0.4, -0.2) is 101 Å². The van der Waals surface area contributed by atoms with Gasteiger partial charge < -0.3 is 41.4 Å². The summed E-state index contributed by atoms with van der Waals surface area (Å²) in [5.41, 5.74) is 18.0. The first-order chi connectivity index (χ1) is 30.6. The van der Waals surface area contributed by atoms with Gasteiger partial charge in [0.15, 0.2) is 21.2 Å². The Balaban J connectivity index is 0.000000280. The molecule has 6 N–H and O–H groups in total. The van der Waals surface area contributed by atoms with Crippen molar-refractivity contribution >= 4 is 105 Å². The first-order valence-corrected chi connectivity index (χ1v) is 24.8. The quantitative estimate of drug-likeness (QED) is 0.0164. The molecule has 0 aliphatic carbocycles. The van der Waals surface area contributed by atoms with E-state index < -0.39 is 0 Å². The van der Waals surface area contributed by atoms with Gasteiger partial charge in [0.05, 0.1) is 5.33 Å². The number of aromatic nitrogens is 1. The van der Waals surface area contributed by atoms with Gasteiger partial charge in [-0.15, -0.1) is 9.24 Å². The maximum atomic E-state index is 12.9. The molecule has 0 radical (unpaired) electrons. The number of nitrogens with two attached hydrogens (primary N) is 2. The molecule has 0 spiro atoms. The number of alkyl halides is 1. The molecule has 64 heavy (non-hydrogen) atoms. The number of thioether (sulfide) groups is 1. The molecule has 5 aromatic rings. The average Bonchev–Trinajstić information content (AvgIpc) is 3.66. The van der Waals surface area contributed by atoms with Gasteiger partial charge in [-0.1, -0.05) is 89.3 Å². The Hall–Kier alpha value is -4.41. The molecule has 3 atom stereocenters. The Morgan fingerprint density at radius 1 is 0.844 bits per heavy atom. The SMILES string of the molecule is CCc1cccc(C(=O)CBr)c1.CCc1cccc(C(=O)c2sc(Nc3ccc(OC[C@@H](C)N(C)C)cc3)nc2N)c1.C[C@H](COc1ccc(NC(=S)N=C(N)SCP)cc1)N(C)C. The van der Waals surface area contributed by atoms with Crippen molar-refractivity contribution < 1.29 is 19.1 Å². The molecule has 0 saturated heterocycles. The van der Waals surface area contributed by atoms with Crippen LogP contribution in [0.25, 0.3) is 0 Å². The van der Waals surface area contributed by atoms with Gasteiger partial charge in [0.1, 0.15) is 35.4 Å². The third-order valence-electron chi connectivity index (χ3n) is 9.64. The lowest BCUT2D eigenvalue weighted by Gasteiger charge is -2.20. The molecule has 1 aromatic heterocycles. The van der Waals surface area contributed by atoms with Crippen LogP contribution in [0.1, 0.15) is 64.4 Å². The number of carbonyl (C=O) groups excluding carboxylic acids is 2. The van der Waals surface area contributed by atoms with Crippen LogP contribution in [0.4, 0.5) is 22.3 Å². The first kappa shape index (κ1) is 53.9. The highest BCUT2D eigenvalue weighted by Crippen LogP contribution is 2.30. The topological polar surface area (TPSA) is 160 Å². The summed E-state index contributed by atoms with van der Waals surface area (Å²) in [5.74, 6) is 1.91. The molecule has 0 amide bonds. The van der Waals surface area contributed by atoms with Crippen LogP contribution in [0, 0.1) is 0 Å². The maximum absolute atomic E-state index is 12.9. The van der Waals surface area contributed by atoms with Crippen LogP contribution in [0.15, 0.2) is 102 Å².